The zero-order valence-electron chi connectivity index (χ0n) is 8.20. The average Bonchev–Trinajstić information content (AvgIpc) is 2.45. The van der Waals surface area contributed by atoms with E-state index in [0.717, 1.165) is 11.4 Å². The number of anilines is 1. The molecule has 1 atom stereocenters. The molecule has 0 bridgehead atoms. The summed E-state index contributed by atoms with van der Waals surface area (Å²) in [5, 5.41) is 0.331. The van der Waals surface area contributed by atoms with E-state index >= 15 is 0 Å². The maximum absolute atomic E-state index is 11.6. The lowest BCUT2D eigenvalue weighted by Gasteiger charge is -2.17. The van der Waals surface area contributed by atoms with Crippen molar-refractivity contribution in [2.75, 3.05) is 11.4 Å². The van der Waals surface area contributed by atoms with Crippen LogP contribution in [0.25, 0.3) is 0 Å². The van der Waals surface area contributed by atoms with Crippen molar-refractivity contribution in [2.24, 2.45) is 0 Å². The molecule has 1 unspecified atom stereocenters. The van der Waals surface area contributed by atoms with Gasteiger partial charge < -0.3 is 4.90 Å². The van der Waals surface area contributed by atoms with Crippen molar-refractivity contribution >= 4 is 34.8 Å². The lowest BCUT2D eigenvalue weighted by atomic mass is 10.3. The number of halogens is 2. The molecular formula is C10H10Cl2N2O. The van der Waals surface area contributed by atoms with Gasteiger partial charge in [0.15, 0.2) is 0 Å². The van der Waals surface area contributed by atoms with Crippen molar-refractivity contribution in [3.63, 3.8) is 0 Å². The molecule has 80 valence electrons. The Kier molecular flexibility index (Phi) is 2.85. The van der Waals surface area contributed by atoms with Crippen molar-refractivity contribution in [3.05, 3.63) is 23.0 Å². The van der Waals surface area contributed by atoms with Gasteiger partial charge in [-0.2, -0.15) is 0 Å². The van der Waals surface area contributed by atoms with Crippen LogP contribution in [0.1, 0.15) is 12.1 Å². The third kappa shape index (κ3) is 2.08. The lowest BCUT2D eigenvalue weighted by molar-refractivity contribution is -0.117. The first-order valence-corrected chi connectivity index (χ1v) is 5.47. The number of carbonyl (C=O) groups is 1. The van der Waals surface area contributed by atoms with Crippen molar-refractivity contribution in [3.8, 4) is 0 Å². The van der Waals surface area contributed by atoms with Crippen LogP contribution in [0.5, 0.6) is 0 Å². The lowest BCUT2D eigenvalue weighted by Crippen LogP contribution is -2.25. The van der Waals surface area contributed by atoms with Crippen molar-refractivity contribution in [1.82, 2.24) is 4.98 Å². The number of carbonyl (C=O) groups excluding carboxylic acids is 1. The number of hydrogen-bond donors (Lipinski definition) is 0. The summed E-state index contributed by atoms with van der Waals surface area (Å²) >= 11 is 11.7. The molecule has 15 heavy (non-hydrogen) atoms. The Bertz CT molecular complexity index is 408. The number of pyridine rings is 1. The van der Waals surface area contributed by atoms with Gasteiger partial charge in [0.2, 0.25) is 5.91 Å². The molecule has 1 amide bonds. The van der Waals surface area contributed by atoms with Gasteiger partial charge in [0.1, 0.15) is 5.15 Å². The van der Waals surface area contributed by atoms with E-state index in [9.17, 15) is 4.79 Å². The van der Waals surface area contributed by atoms with Gasteiger partial charge in [-0.1, -0.05) is 11.6 Å². The van der Waals surface area contributed by atoms with E-state index in [1.54, 1.807) is 17.0 Å². The van der Waals surface area contributed by atoms with Crippen LogP contribution in [0.2, 0.25) is 5.15 Å². The smallest absolute Gasteiger partial charge is 0.228 e. The second-order valence-electron chi connectivity index (χ2n) is 3.54. The average molecular weight is 245 g/mol. The van der Waals surface area contributed by atoms with Gasteiger partial charge in [0, 0.05) is 13.0 Å². The molecule has 0 aromatic carbocycles. The first kappa shape index (κ1) is 10.7. The summed E-state index contributed by atoms with van der Waals surface area (Å²) in [7, 11) is 0. The van der Waals surface area contributed by atoms with Gasteiger partial charge in [-0.05, 0) is 19.1 Å². The molecular weight excluding hydrogens is 235 g/mol. The van der Waals surface area contributed by atoms with Gasteiger partial charge in [-0.15, -0.1) is 11.6 Å². The van der Waals surface area contributed by atoms with Crippen LogP contribution in [-0.4, -0.2) is 22.8 Å². The van der Waals surface area contributed by atoms with Crippen molar-refractivity contribution in [1.29, 1.82) is 0 Å². The Balaban J connectivity index is 2.34. The van der Waals surface area contributed by atoms with Gasteiger partial charge in [-0.25, -0.2) is 4.98 Å². The van der Waals surface area contributed by atoms with E-state index in [1.807, 2.05) is 6.92 Å². The quantitative estimate of drug-likeness (QED) is 0.562. The fourth-order valence-electron chi connectivity index (χ4n) is 1.71. The van der Waals surface area contributed by atoms with Crippen LogP contribution in [0.4, 0.5) is 5.69 Å². The summed E-state index contributed by atoms with van der Waals surface area (Å²) in [4.78, 5) is 17.4. The van der Waals surface area contributed by atoms with Crippen LogP contribution < -0.4 is 4.90 Å². The minimum atomic E-state index is -0.104. The Morgan fingerprint density at radius 1 is 1.53 bits per heavy atom. The van der Waals surface area contributed by atoms with Gasteiger partial charge in [0.05, 0.1) is 16.8 Å². The summed E-state index contributed by atoms with van der Waals surface area (Å²) in [6.45, 7) is 2.38. The Morgan fingerprint density at radius 3 is 2.80 bits per heavy atom. The summed E-state index contributed by atoms with van der Waals surface area (Å²) < 4.78 is 0. The fourth-order valence-corrected chi connectivity index (χ4v) is 2.16. The summed E-state index contributed by atoms with van der Waals surface area (Å²) in [5.74, 6) is 0.0437. The Labute approximate surface area is 98.0 Å². The molecule has 0 aliphatic carbocycles. The predicted octanol–water partition coefficient (Wildman–Crippen LogP) is 2.39. The van der Waals surface area contributed by atoms with E-state index in [1.165, 1.54) is 0 Å². The topological polar surface area (TPSA) is 33.2 Å². The second-order valence-corrected chi connectivity index (χ2v) is 4.55. The molecule has 2 heterocycles. The first-order chi connectivity index (χ1) is 7.08. The highest BCUT2D eigenvalue weighted by Crippen LogP contribution is 2.27. The number of amides is 1. The van der Waals surface area contributed by atoms with Crippen LogP contribution >= 0.6 is 23.2 Å². The minimum absolute atomic E-state index is 0.0437. The largest absolute Gasteiger partial charge is 0.309 e. The Morgan fingerprint density at radius 2 is 2.27 bits per heavy atom. The van der Waals surface area contributed by atoms with E-state index in [-0.39, 0.29) is 11.3 Å². The van der Waals surface area contributed by atoms with Gasteiger partial charge in [0.25, 0.3) is 0 Å². The SMILES string of the molecule is Cc1nc(Cl)ccc1N1CC(Cl)CC1=O. The molecule has 5 heteroatoms. The van der Waals surface area contributed by atoms with E-state index in [4.69, 9.17) is 23.2 Å². The number of hydrogen-bond acceptors (Lipinski definition) is 2. The van der Waals surface area contributed by atoms with Crippen LogP contribution in [0.15, 0.2) is 12.1 Å². The van der Waals surface area contributed by atoms with Gasteiger partial charge >= 0.3 is 0 Å². The van der Waals surface area contributed by atoms with Crippen LogP contribution in [0, 0.1) is 6.92 Å². The third-order valence-corrected chi connectivity index (χ3v) is 2.90. The molecule has 3 nitrogen and oxygen atoms in total. The van der Waals surface area contributed by atoms with E-state index in [2.05, 4.69) is 4.98 Å². The molecule has 0 radical (unpaired) electrons. The maximum atomic E-state index is 11.6. The van der Waals surface area contributed by atoms with Crippen LogP contribution in [-0.2, 0) is 4.79 Å². The number of nitrogens with zero attached hydrogens (tertiary/aromatic N) is 2. The monoisotopic (exact) mass is 244 g/mol. The van der Waals surface area contributed by atoms with Crippen molar-refractivity contribution < 1.29 is 4.79 Å². The van der Waals surface area contributed by atoms with Crippen molar-refractivity contribution in [2.45, 2.75) is 18.7 Å². The summed E-state index contributed by atoms with van der Waals surface area (Å²) in [5.41, 5.74) is 1.55. The highest BCUT2D eigenvalue weighted by Gasteiger charge is 2.30. The van der Waals surface area contributed by atoms with Gasteiger partial charge in [-0.3, -0.25) is 4.79 Å². The molecule has 1 aromatic heterocycles. The summed E-state index contributed by atoms with van der Waals surface area (Å²) in [6, 6.07) is 3.48. The molecule has 0 spiro atoms. The summed E-state index contributed by atoms with van der Waals surface area (Å²) in [6.07, 6.45) is 0.392. The maximum Gasteiger partial charge on any atom is 0.228 e. The van der Waals surface area contributed by atoms with E-state index < -0.39 is 0 Å². The highest BCUT2D eigenvalue weighted by molar-refractivity contribution is 6.29. The number of aryl methyl sites for hydroxylation is 1. The minimum Gasteiger partial charge on any atom is -0.309 e. The fraction of sp³-hybridized carbons (Fsp3) is 0.400. The highest BCUT2D eigenvalue weighted by atomic mass is 35.5. The first-order valence-electron chi connectivity index (χ1n) is 4.65. The zero-order chi connectivity index (χ0) is 11.0. The molecule has 1 fully saturated rings. The van der Waals surface area contributed by atoms with E-state index in [0.29, 0.717) is 18.1 Å². The zero-order valence-corrected chi connectivity index (χ0v) is 9.72. The Hall–Kier alpha value is -0.800. The molecule has 1 aliphatic rings. The molecule has 1 saturated heterocycles. The third-order valence-electron chi connectivity index (χ3n) is 2.39. The number of alkyl halides is 1. The standard InChI is InChI=1S/C10H10Cl2N2O/c1-6-8(2-3-9(12)13-6)14-5-7(11)4-10(14)15/h2-3,7H,4-5H2,1H3. The molecule has 0 saturated carbocycles. The number of rotatable bonds is 1. The van der Waals surface area contributed by atoms with Crippen LogP contribution in [0.3, 0.4) is 0 Å². The second kappa shape index (κ2) is 3.99. The predicted molar refractivity (Wildman–Crippen MR) is 60.6 cm³/mol. The molecule has 1 aromatic rings. The normalized spacial score (nSPS) is 21.1. The number of aromatic nitrogens is 1. The molecule has 2 rings (SSSR count). The molecule has 0 N–H and O–H groups in total. The molecule has 1 aliphatic heterocycles.